The van der Waals surface area contributed by atoms with Gasteiger partial charge in [-0.2, -0.15) is 0 Å². The summed E-state index contributed by atoms with van der Waals surface area (Å²) in [7, 11) is 4.33. The summed E-state index contributed by atoms with van der Waals surface area (Å²) >= 11 is 0. The summed E-state index contributed by atoms with van der Waals surface area (Å²) in [4.78, 5) is 4.96. The Balaban J connectivity index is 1.93. The van der Waals surface area contributed by atoms with Crippen molar-refractivity contribution in [2.75, 3.05) is 40.3 Å². The second kappa shape index (κ2) is 6.36. The van der Waals surface area contributed by atoms with Crippen LogP contribution in [0.3, 0.4) is 0 Å². The Morgan fingerprint density at radius 3 is 2.50 bits per heavy atom. The van der Waals surface area contributed by atoms with Crippen molar-refractivity contribution >= 4 is 0 Å². The van der Waals surface area contributed by atoms with Crippen LogP contribution in [-0.2, 0) is 0 Å². The van der Waals surface area contributed by atoms with Crippen molar-refractivity contribution in [1.29, 1.82) is 0 Å². The van der Waals surface area contributed by atoms with E-state index in [-0.39, 0.29) is 5.41 Å². The maximum Gasteiger partial charge on any atom is 0.0499 e. The Kier molecular flexibility index (Phi) is 5.05. The molecule has 1 saturated carbocycles. The summed E-state index contributed by atoms with van der Waals surface area (Å²) in [5.41, 5.74) is 0.215. The van der Waals surface area contributed by atoms with Crippen molar-refractivity contribution < 1.29 is 5.11 Å². The largest absolute Gasteiger partial charge is 0.396 e. The van der Waals surface area contributed by atoms with Crippen molar-refractivity contribution in [3.8, 4) is 0 Å². The van der Waals surface area contributed by atoms with Crippen LogP contribution in [0.2, 0.25) is 0 Å². The molecule has 1 heterocycles. The van der Waals surface area contributed by atoms with Crippen LogP contribution >= 0.6 is 0 Å². The number of hydrogen-bond acceptors (Lipinski definition) is 3. The molecule has 0 amide bonds. The van der Waals surface area contributed by atoms with E-state index in [1.165, 1.54) is 58.0 Å². The minimum Gasteiger partial charge on any atom is -0.396 e. The molecule has 0 spiro atoms. The van der Waals surface area contributed by atoms with E-state index in [0.717, 1.165) is 6.54 Å². The molecule has 106 valence electrons. The zero-order chi connectivity index (χ0) is 13.0. The van der Waals surface area contributed by atoms with Gasteiger partial charge in [-0.25, -0.2) is 0 Å². The average Bonchev–Trinajstić information content (AvgIpc) is 2.77. The van der Waals surface area contributed by atoms with Crippen LogP contribution in [0.4, 0.5) is 0 Å². The normalized spacial score (nSPS) is 29.0. The molecule has 3 heteroatoms. The fraction of sp³-hybridized carbons (Fsp3) is 1.00. The van der Waals surface area contributed by atoms with E-state index in [9.17, 15) is 5.11 Å². The Morgan fingerprint density at radius 1 is 1.17 bits per heavy atom. The molecule has 0 bridgehead atoms. The minimum atomic E-state index is 0.215. The van der Waals surface area contributed by atoms with Crippen molar-refractivity contribution in [3.05, 3.63) is 0 Å². The van der Waals surface area contributed by atoms with Crippen LogP contribution < -0.4 is 0 Å². The lowest BCUT2D eigenvalue weighted by atomic mass is 9.74. The molecule has 1 aliphatic carbocycles. The third-order valence-electron chi connectivity index (χ3n) is 4.86. The first-order chi connectivity index (χ1) is 8.65. The Bertz CT molecular complexity index is 249. The molecule has 1 aliphatic heterocycles. The Morgan fingerprint density at radius 2 is 1.89 bits per heavy atom. The number of hydrogen-bond donors (Lipinski definition) is 1. The van der Waals surface area contributed by atoms with E-state index < -0.39 is 0 Å². The van der Waals surface area contributed by atoms with Gasteiger partial charge in [0.2, 0.25) is 0 Å². The number of aliphatic hydroxyl groups is 1. The number of likely N-dealkylation sites (tertiary alicyclic amines) is 1. The molecule has 1 saturated heterocycles. The molecule has 2 fully saturated rings. The number of rotatable bonds is 5. The first-order valence-electron chi connectivity index (χ1n) is 7.65. The Hall–Kier alpha value is -0.120. The van der Waals surface area contributed by atoms with Crippen LogP contribution in [0.25, 0.3) is 0 Å². The highest BCUT2D eigenvalue weighted by molar-refractivity contribution is 4.90. The number of nitrogens with zero attached hydrogens (tertiary/aromatic N) is 2. The van der Waals surface area contributed by atoms with Crippen LogP contribution in [0.1, 0.15) is 44.9 Å². The molecule has 0 aromatic heterocycles. The first-order valence-corrected chi connectivity index (χ1v) is 7.65. The van der Waals surface area contributed by atoms with E-state index in [1.807, 2.05) is 0 Å². The maximum atomic E-state index is 9.83. The zero-order valence-electron chi connectivity index (χ0n) is 12.2. The zero-order valence-corrected chi connectivity index (χ0v) is 12.2. The topological polar surface area (TPSA) is 26.7 Å². The molecule has 0 aromatic rings. The lowest BCUT2D eigenvalue weighted by molar-refractivity contribution is 0.0329. The molecule has 0 radical (unpaired) electrons. The van der Waals surface area contributed by atoms with Gasteiger partial charge in [-0.15, -0.1) is 0 Å². The van der Waals surface area contributed by atoms with Gasteiger partial charge in [0.25, 0.3) is 0 Å². The van der Waals surface area contributed by atoms with Gasteiger partial charge in [-0.1, -0.05) is 19.3 Å². The van der Waals surface area contributed by atoms with E-state index in [0.29, 0.717) is 12.6 Å². The van der Waals surface area contributed by atoms with Crippen molar-refractivity contribution in [1.82, 2.24) is 9.80 Å². The maximum absolute atomic E-state index is 9.83. The average molecular weight is 254 g/mol. The molecule has 1 unspecified atom stereocenters. The van der Waals surface area contributed by atoms with Gasteiger partial charge in [0.15, 0.2) is 0 Å². The molecule has 2 rings (SSSR count). The highest BCUT2D eigenvalue weighted by Gasteiger charge is 2.36. The predicted molar refractivity (Wildman–Crippen MR) is 75.8 cm³/mol. The van der Waals surface area contributed by atoms with Gasteiger partial charge in [-0.05, 0) is 46.3 Å². The van der Waals surface area contributed by atoms with Gasteiger partial charge in [0, 0.05) is 31.2 Å². The van der Waals surface area contributed by atoms with Crippen LogP contribution in [-0.4, -0.2) is 61.3 Å². The van der Waals surface area contributed by atoms with Crippen LogP contribution in [0.5, 0.6) is 0 Å². The molecular formula is C15H30N2O. The van der Waals surface area contributed by atoms with Crippen molar-refractivity contribution in [2.24, 2.45) is 5.41 Å². The summed E-state index contributed by atoms with van der Waals surface area (Å²) in [6, 6.07) is 0.713. The van der Waals surface area contributed by atoms with Gasteiger partial charge < -0.3 is 10.0 Å². The quantitative estimate of drug-likeness (QED) is 0.812. The summed E-state index contributed by atoms with van der Waals surface area (Å²) in [6.45, 7) is 3.92. The molecule has 2 aliphatic rings. The summed E-state index contributed by atoms with van der Waals surface area (Å²) in [5.74, 6) is 0. The van der Waals surface area contributed by atoms with E-state index >= 15 is 0 Å². The number of aliphatic hydroxyl groups excluding tert-OH is 1. The fourth-order valence-corrected chi connectivity index (χ4v) is 3.83. The number of likely N-dealkylation sites (N-methyl/N-ethyl adjacent to an activating group) is 1. The highest BCUT2D eigenvalue weighted by atomic mass is 16.3. The smallest absolute Gasteiger partial charge is 0.0499 e. The molecule has 18 heavy (non-hydrogen) atoms. The third kappa shape index (κ3) is 3.46. The molecule has 1 N–H and O–H groups in total. The molecule has 3 nitrogen and oxygen atoms in total. The monoisotopic (exact) mass is 254 g/mol. The first kappa shape index (κ1) is 14.3. The van der Waals surface area contributed by atoms with Gasteiger partial charge >= 0.3 is 0 Å². The van der Waals surface area contributed by atoms with E-state index in [1.54, 1.807) is 0 Å². The highest BCUT2D eigenvalue weighted by Crippen LogP contribution is 2.38. The molecular weight excluding hydrogens is 224 g/mol. The Labute approximate surface area is 112 Å². The predicted octanol–water partition coefficient (Wildman–Crippen LogP) is 1.96. The molecule has 1 atom stereocenters. The lowest BCUT2D eigenvalue weighted by Gasteiger charge is -2.41. The van der Waals surface area contributed by atoms with E-state index in [4.69, 9.17) is 0 Å². The van der Waals surface area contributed by atoms with Crippen LogP contribution in [0, 0.1) is 5.41 Å². The summed E-state index contributed by atoms with van der Waals surface area (Å²) < 4.78 is 0. The standard InChI is InChI=1S/C15H30N2O/c1-16(2)11-14-7-6-10-17(14)12-15(13-18)8-4-3-5-9-15/h14,18H,3-13H2,1-2H3. The van der Waals surface area contributed by atoms with Crippen LogP contribution in [0.15, 0.2) is 0 Å². The van der Waals surface area contributed by atoms with Crippen molar-refractivity contribution in [3.63, 3.8) is 0 Å². The second-order valence-electron chi connectivity index (χ2n) is 6.75. The third-order valence-corrected chi connectivity index (χ3v) is 4.86. The van der Waals surface area contributed by atoms with Gasteiger partial charge in [0.1, 0.15) is 0 Å². The summed E-state index contributed by atoms with van der Waals surface area (Å²) in [6.07, 6.45) is 9.12. The molecule has 0 aromatic carbocycles. The van der Waals surface area contributed by atoms with E-state index in [2.05, 4.69) is 23.9 Å². The van der Waals surface area contributed by atoms with Gasteiger partial charge in [0.05, 0.1) is 0 Å². The summed E-state index contributed by atoms with van der Waals surface area (Å²) in [5, 5.41) is 9.83. The SMILES string of the molecule is CN(C)CC1CCCN1CC1(CO)CCCCC1. The van der Waals surface area contributed by atoms with Crippen molar-refractivity contribution in [2.45, 2.75) is 51.0 Å². The van der Waals surface area contributed by atoms with Gasteiger partial charge in [-0.3, -0.25) is 4.90 Å². The lowest BCUT2D eigenvalue weighted by Crippen LogP contribution is -2.46. The minimum absolute atomic E-state index is 0.215. The fourth-order valence-electron chi connectivity index (χ4n) is 3.83. The second-order valence-corrected chi connectivity index (χ2v) is 6.75.